The Kier molecular flexibility index (Phi) is 5.27. The molecule has 1 amide bonds. The van der Waals surface area contributed by atoms with Crippen LogP contribution < -0.4 is 14.4 Å². The summed E-state index contributed by atoms with van der Waals surface area (Å²) in [6.07, 6.45) is 2.79. The number of carbonyl (C=O) groups is 1. The molecule has 2 aromatic carbocycles. The molecule has 2 aromatic rings. The maximum absolute atomic E-state index is 12.3. The third kappa shape index (κ3) is 4.23. The van der Waals surface area contributed by atoms with Crippen LogP contribution in [-0.2, 0) is 14.8 Å². The van der Waals surface area contributed by atoms with Gasteiger partial charge in [0.05, 0.1) is 23.9 Å². The lowest BCUT2D eigenvalue weighted by molar-refractivity contribution is -0.117. The highest BCUT2D eigenvalue weighted by Gasteiger charge is 2.25. The standard InChI is InChI=1S/C19H20N2O4S/c1-25-18-10-9-16(14-17(18)21-12-5-8-19(21)22)20-26(23,24)13-11-15-6-3-2-4-7-15/h2-4,6-7,9-11,13-14,20H,5,8,12H2,1H3. The molecule has 0 bridgehead atoms. The number of amides is 1. The summed E-state index contributed by atoms with van der Waals surface area (Å²) in [5.74, 6) is 0.537. The Labute approximate surface area is 153 Å². The molecule has 0 atom stereocenters. The fourth-order valence-electron chi connectivity index (χ4n) is 2.80. The minimum atomic E-state index is -3.68. The van der Waals surface area contributed by atoms with Crippen LogP contribution in [0.4, 0.5) is 11.4 Å². The van der Waals surface area contributed by atoms with Crippen molar-refractivity contribution >= 4 is 33.4 Å². The Morgan fingerprint density at radius 1 is 1.15 bits per heavy atom. The van der Waals surface area contributed by atoms with Crippen molar-refractivity contribution in [2.45, 2.75) is 12.8 Å². The molecule has 6 nitrogen and oxygen atoms in total. The number of nitrogens with one attached hydrogen (secondary N) is 1. The van der Waals surface area contributed by atoms with Crippen LogP contribution in [0.3, 0.4) is 0 Å². The van der Waals surface area contributed by atoms with Crippen LogP contribution in [0.2, 0.25) is 0 Å². The van der Waals surface area contributed by atoms with Crippen molar-refractivity contribution in [3.05, 3.63) is 59.5 Å². The summed E-state index contributed by atoms with van der Waals surface area (Å²) < 4.78 is 32.5. The maximum Gasteiger partial charge on any atom is 0.255 e. The number of anilines is 2. The van der Waals surface area contributed by atoms with Gasteiger partial charge in [-0.1, -0.05) is 30.3 Å². The fraction of sp³-hybridized carbons (Fsp3) is 0.211. The Hall–Kier alpha value is -2.80. The first kappa shape index (κ1) is 18.0. The summed E-state index contributed by atoms with van der Waals surface area (Å²) in [5.41, 5.74) is 1.73. The van der Waals surface area contributed by atoms with E-state index >= 15 is 0 Å². The van der Waals surface area contributed by atoms with Gasteiger partial charge in [0, 0.05) is 13.0 Å². The van der Waals surface area contributed by atoms with Gasteiger partial charge >= 0.3 is 0 Å². The fourth-order valence-corrected chi connectivity index (χ4v) is 3.66. The van der Waals surface area contributed by atoms with Crippen molar-refractivity contribution in [2.75, 3.05) is 23.3 Å². The second kappa shape index (κ2) is 7.61. The van der Waals surface area contributed by atoms with Crippen molar-refractivity contribution in [2.24, 2.45) is 0 Å². The quantitative estimate of drug-likeness (QED) is 0.845. The van der Waals surface area contributed by atoms with Crippen LogP contribution in [0.15, 0.2) is 53.9 Å². The zero-order valence-electron chi connectivity index (χ0n) is 14.4. The van der Waals surface area contributed by atoms with E-state index in [0.29, 0.717) is 30.1 Å². The molecule has 1 saturated heterocycles. The number of rotatable bonds is 6. The summed E-state index contributed by atoms with van der Waals surface area (Å²) in [6, 6.07) is 14.0. The SMILES string of the molecule is COc1ccc(NS(=O)(=O)C=Cc2ccccc2)cc1N1CCCC1=O. The molecule has 0 spiro atoms. The van der Waals surface area contributed by atoms with Crippen LogP contribution in [-0.4, -0.2) is 28.0 Å². The first-order valence-electron chi connectivity index (χ1n) is 8.23. The molecule has 1 heterocycles. The predicted octanol–water partition coefficient (Wildman–Crippen LogP) is 3.23. The molecule has 1 aliphatic heterocycles. The van der Waals surface area contributed by atoms with E-state index in [9.17, 15) is 13.2 Å². The normalized spacial score (nSPS) is 14.8. The lowest BCUT2D eigenvalue weighted by Crippen LogP contribution is -2.24. The molecule has 1 fully saturated rings. The van der Waals surface area contributed by atoms with Crippen molar-refractivity contribution in [3.8, 4) is 5.75 Å². The van der Waals surface area contributed by atoms with E-state index in [4.69, 9.17) is 4.74 Å². The van der Waals surface area contributed by atoms with Crippen LogP contribution in [0, 0.1) is 0 Å². The summed E-state index contributed by atoms with van der Waals surface area (Å²) in [7, 11) is -2.16. The number of methoxy groups -OCH3 is 1. The van der Waals surface area contributed by atoms with Gasteiger partial charge in [0.1, 0.15) is 5.75 Å². The molecular formula is C19H20N2O4S. The van der Waals surface area contributed by atoms with E-state index in [2.05, 4.69) is 4.72 Å². The number of carbonyl (C=O) groups excluding carboxylic acids is 1. The minimum Gasteiger partial charge on any atom is -0.495 e. The molecule has 26 heavy (non-hydrogen) atoms. The van der Waals surface area contributed by atoms with Crippen molar-refractivity contribution < 1.29 is 17.9 Å². The molecular weight excluding hydrogens is 352 g/mol. The van der Waals surface area contributed by atoms with E-state index in [0.717, 1.165) is 17.4 Å². The third-order valence-corrected chi connectivity index (χ3v) is 5.06. The van der Waals surface area contributed by atoms with Crippen LogP contribution >= 0.6 is 0 Å². The minimum absolute atomic E-state index is 0.00674. The predicted molar refractivity (Wildman–Crippen MR) is 103 cm³/mol. The Morgan fingerprint density at radius 3 is 2.58 bits per heavy atom. The molecule has 1 aliphatic rings. The first-order valence-corrected chi connectivity index (χ1v) is 9.77. The molecule has 0 radical (unpaired) electrons. The zero-order chi connectivity index (χ0) is 18.6. The number of sulfonamides is 1. The Bertz CT molecular complexity index is 924. The lowest BCUT2D eigenvalue weighted by atomic mass is 10.2. The van der Waals surface area contributed by atoms with Gasteiger partial charge in [-0.05, 0) is 36.3 Å². The van der Waals surface area contributed by atoms with E-state index in [1.54, 1.807) is 23.1 Å². The highest BCUT2D eigenvalue weighted by molar-refractivity contribution is 7.95. The van der Waals surface area contributed by atoms with Gasteiger partial charge in [0.2, 0.25) is 5.91 Å². The number of benzene rings is 2. The second-order valence-electron chi connectivity index (χ2n) is 5.90. The Balaban J connectivity index is 1.83. The molecule has 0 aliphatic carbocycles. The van der Waals surface area contributed by atoms with Gasteiger partial charge in [-0.15, -0.1) is 0 Å². The zero-order valence-corrected chi connectivity index (χ0v) is 15.2. The van der Waals surface area contributed by atoms with Gasteiger partial charge in [0.15, 0.2) is 0 Å². The summed E-state index contributed by atoms with van der Waals surface area (Å²) >= 11 is 0. The van der Waals surface area contributed by atoms with Gasteiger partial charge in [-0.2, -0.15) is 0 Å². The number of nitrogens with zero attached hydrogens (tertiary/aromatic N) is 1. The van der Waals surface area contributed by atoms with E-state index in [1.165, 1.54) is 13.2 Å². The maximum atomic E-state index is 12.3. The summed E-state index contributed by atoms with van der Waals surface area (Å²) in [6.45, 7) is 0.597. The highest BCUT2D eigenvalue weighted by Crippen LogP contribution is 2.34. The van der Waals surface area contributed by atoms with Crippen molar-refractivity contribution in [1.82, 2.24) is 0 Å². The number of ether oxygens (including phenoxy) is 1. The molecule has 0 saturated carbocycles. The van der Waals surface area contributed by atoms with Crippen LogP contribution in [0.25, 0.3) is 6.08 Å². The smallest absolute Gasteiger partial charge is 0.255 e. The first-order chi connectivity index (χ1) is 12.5. The molecule has 0 unspecified atom stereocenters. The van der Waals surface area contributed by atoms with Gasteiger partial charge < -0.3 is 9.64 Å². The molecule has 0 aromatic heterocycles. The highest BCUT2D eigenvalue weighted by atomic mass is 32.2. The van der Waals surface area contributed by atoms with Crippen molar-refractivity contribution in [3.63, 3.8) is 0 Å². The topological polar surface area (TPSA) is 75.7 Å². The Morgan fingerprint density at radius 2 is 1.92 bits per heavy atom. The lowest BCUT2D eigenvalue weighted by Gasteiger charge is -2.20. The van der Waals surface area contributed by atoms with E-state index in [1.807, 2.05) is 30.3 Å². The van der Waals surface area contributed by atoms with Crippen LogP contribution in [0.5, 0.6) is 5.75 Å². The monoisotopic (exact) mass is 372 g/mol. The number of hydrogen-bond acceptors (Lipinski definition) is 4. The number of hydrogen-bond donors (Lipinski definition) is 1. The van der Waals surface area contributed by atoms with Gasteiger partial charge in [0.25, 0.3) is 10.0 Å². The van der Waals surface area contributed by atoms with E-state index < -0.39 is 10.0 Å². The second-order valence-corrected chi connectivity index (χ2v) is 7.46. The van der Waals surface area contributed by atoms with Gasteiger partial charge in [-0.25, -0.2) is 8.42 Å². The average molecular weight is 372 g/mol. The molecule has 3 rings (SSSR count). The average Bonchev–Trinajstić information content (AvgIpc) is 3.06. The summed E-state index contributed by atoms with van der Waals surface area (Å²) in [5, 5.41) is 1.12. The molecule has 7 heteroatoms. The van der Waals surface area contributed by atoms with E-state index in [-0.39, 0.29) is 5.91 Å². The molecule has 136 valence electrons. The third-order valence-electron chi connectivity index (χ3n) is 4.04. The van der Waals surface area contributed by atoms with Gasteiger partial charge in [-0.3, -0.25) is 9.52 Å². The summed E-state index contributed by atoms with van der Waals surface area (Å²) in [4.78, 5) is 13.6. The van der Waals surface area contributed by atoms with Crippen LogP contribution in [0.1, 0.15) is 18.4 Å². The van der Waals surface area contributed by atoms with Crippen molar-refractivity contribution in [1.29, 1.82) is 0 Å². The largest absolute Gasteiger partial charge is 0.495 e. The molecule has 1 N–H and O–H groups in total.